The summed E-state index contributed by atoms with van der Waals surface area (Å²) < 4.78 is 0. The minimum absolute atomic E-state index is 0.501. The molecule has 0 radical (unpaired) electrons. The van der Waals surface area contributed by atoms with Gasteiger partial charge in [0.2, 0.25) is 0 Å². The van der Waals surface area contributed by atoms with Crippen molar-refractivity contribution < 1.29 is 0 Å². The van der Waals surface area contributed by atoms with Crippen molar-refractivity contribution in [2.45, 2.75) is 45.2 Å². The van der Waals surface area contributed by atoms with Crippen LogP contribution in [0.1, 0.15) is 31.7 Å². The van der Waals surface area contributed by atoms with Crippen molar-refractivity contribution in [3.05, 3.63) is 27.7 Å². The molecule has 110 valence electrons. The molecule has 2 fully saturated rings. The van der Waals surface area contributed by atoms with Crippen molar-refractivity contribution in [1.82, 2.24) is 5.32 Å². The van der Waals surface area contributed by atoms with Gasteiger partial charge in [-0.05, 0) is 49.8 Å². The average molecular weight is 313 g/mol. The highest BCUT2D eigenvalue weighted by atomic mass is 35.5. The van der Waals surface area contributed by atoms with Crippen molar-refractivity contribution in [2.24, 2.45) is 5.92 Å². The fourth-order valence-corrected chi connectivity index (χ4v) is 3.64. The van der Waals surface area contributed by atoms with E-state index in [4.69, 9.17) is 23.2 Å². The number of benzene rings is 1. The maximum atomic E-state index is 6.48. The second-order valence-electron chi connectivity index (χ2n) is 6.12. The van der Waals surface area contributed by atoms with Crippen molar-refractivity contribution in [3.8, 4) is 0 Å². The summed E-state index contributed by atoms with van der Waals surface area (Å²) in [6, 6.07) is 5.13. The van der Waals surface area contributed by atoms with Gasteiger partial charge in [-0.15, -0.1) is 0 Å². The fourth-order valence-electron chi connectivity index (χ4n) is 3.15. The van der Waals surface area contributed by atoms with Crippen LogP contribution in [0.25, 0.3) is 0 Å². The van der Waals surface area contributed by atoms with Gasteiger partial charge in [0.15, 0.2) is 0 Å². The number of hydrogen-bond acceptors (Lipinski definition) is 2. The highest BCUT2D eigenvalue weighted by Crippen LogP contribution is 2.38. The molecule has 2 atom stereocenters. The van der Waals surface area contributed by atoms with E-state index in [0.717, 1.165) is 46.7 Å². The summed E-state index contributed by atoms with van der Waals surface area (Å²) in [4.78, 5) is 2.47. The quantitative estimate of drug-likeness (QED) is 0.896. The molecule has 1 saturated heterocycles. The van der Waals surface area contributed by atoms with Gasteiger partial charge >= 0.3 is 0 Å². The second-order valence-corrected chi connectivity index (χ2v) is 6.93. The third kappa shape index (κ3) is 2.79. The van der Waals surface area contributed by atoms with Gasteiger partial charge < -0.3 is 10.2 Å². The van der Waals surface area contributed by atoms with Crippen LogP contribution >= 0.6 is 23.2 Å². The van der Waals surface area contributed by atoms with Crippen molar-refractivity contribution >= 4 is 28.9 Å². The summed E-state index contributed by atoms with van der Waals surface area (Å²) in [7, 11) is 0. The van der Waals surface area contributed by atoms with E-state index >= 15 is 0 Å². The van der Waals surface area contributed by atoms with E-state index in [1.807, 2.05) is 19.1 Å². The number of rotatable bonds is 3. The van der Waals surface area contributed by atoms with E-state index in [1.165, 1.54) is 12.8 Å². The van der Waals surface area contributed by atoms with Crippen LogP contribution in [0.5, 0.6) is 0 Å². The van der Waals surface area contributed by atoms with E-state index in [1.54, 1.807) is 0 Å². The lowest BCUT2D eigenvalue weighted by Crippen LogP contribution is -2.57. The molecule has 20 heavy (non-hydrogen) atoms. The number of nitrogens with zero attached hydrogens (tertiary/aromatic N) is 1. The van der Waals surface area contributed by atoms with Crippen LogP contribution in [0.4, 0.5) is 5.69 Å². The Kier molecular flexibility index (Phi) is 4.16. The number of nitrogens with one attached hydrogen (secondary N) is 1. The Bertz CT molecular complexity index is 499. The maximum Gasteiger partial charge on any atom is 0.0643 e. The Morgan fingerprint density at radius 2 is 2.00 bits per heavy atom. The Hall–Kier alpha value is -0.440. The molecule has 0 spiro atoms. The minimum Gasteiger partial charge on any atom is -0.364 e. The molecule has 3 rings (SSSR count). The van der Waals surface area contributed by atoms with Crippen LogP contribution in [0.3, 0.4) is 0 Å². The van der Waals surface area contributed by atoms with Gasteiger partial charge in [-0.3, -0.25) is 0 Å². The molecule has 0 amide bonds. The Morgan fingerprint density at radius 3 is 2.65 bits per heavy atom. The number of aryl methyl sites for hydroxylation is 1. The molecule has 1 aliphatic carbocycles. The number of halogens is 2. The number of anilines is 1. The van der Waals surface area contributed by atoms with Crippen LogP contribution in [0, 0.1) is 12.8 Å². The molecular formula is C16H22Cl2N2. The highest BCUT2D eigenvalue weighted by molar-refractivity contribution is 6.35. The van der Waals surface area contributed by atoms with E-state index in [9.17, 15) is 0 Å². The van der Waals surface area contributed by atoms with Gasteiger partial charge in [0.05, 0.1) is 10.7 Å². The molecular weight excluding hydrogens is 291 g/mol. The normalized spacial score (nSPS) is 26.9. The summed E-state index contributed by atoms with van der Waals surface area (Å²) in [5.74, 6) is 0.856. The molecule has 2 aliphatic rings. The highest BCUT2D eigenvalue weighted by Gasteiger charge is 2.37. The zero-order chi connectivity index (χ0) is 14.3. The number of piperazine rings is 1. The van der Waals surface area contributed by atoms with Crippen molar-refractivity contribution in [3.63, 3.8) is 0 Å². The SMILES string of the molecule is CCC1CNC(C2CC2)CN1c1cc(Cl)c(C)cc1Cl. The molecule has 1 heterocycles. The van der Waals surface area contributed by atoms with E-state index in [0.29, 0.717) is 12.1 Å². The van der Waals surface area contributed by atoms with Gasteiger partial charge in [0, 0.05) is 30.2 Å². The van der Waals surface area contributed by atoms with Crippen LogP contribution < -0.4 is 10.2 Å². The third-order valence-electron chi connectivity index (χ3n) is 4.65. The van der Waals surface area contributed by atoms with Crippen LogP contribution in [0.2, 0.25) is 10.0 Å². The largest absolute Gasteiger partial charge is 0.364 e. The van der Waals surface area contributed by atoms with Crippen LogP contribution in [-0.2, 0) is 0 Å². The molecule has 4 heteroatoms. The van der Waals surface area contributed by atoms with E-state index in [-0.39, 0.29) is 0 Å². The van der Waals surface area contributed by atoms with Crippen molar-refractivity contribution in [2.75, 3.05) is 18.0 Å². The molecule has 1 aromatic carbocycles. The second kappa shape index (κ2) is 5.75. The summed E-state index contributed by atoms with van der Waals surface area (Å²) >= 11 is 12.8. The topological polar surface area (TPSA) is 15.3 Å². The first-order valence-corrected chi connectivity index (χ1v) is 8.31. The van der Waals surface area contributed by atoms with E-state index in [2.05, 4.69) is 17.1 Å². The lowest BCUT2D eigenvalue weighted by atomic mass is 10.0. The predicted octanol–water partition coefficient (Wildman–Crippen LogP) is 4.27. The smallest absolute Gasteiger partial charge is 0.0643 e. The van der Waals surface area contributed by atoms with Gasteiger partial charge in [-0.2, -0.15) is 0 Å². The minimum atomic E-state index is 0.501. The molecule has 1 N–H and O–H groups in total. The first-order chi connectivity index (χ1) is 9.60. The molecule has 2 nitrogen and oxygen atoms in total. The maximum absolute atomic E-state index is 6.48. The Balaban J connectivity index is 1.89. The molecule has 0 aromatic heterocycles. The molecule has 1 saturated carbocycles. The molecule has 0 bridgehead atoms. The fraction of sp³-hybridized carbons (Fsp3) is 0.625. The molecule has 1 aromatic rings. The molecule has 2 unspecified atom stereocenters. The van der Waals surface area contributed by atoms with E-state index < -0.39 is 0 Å². The predicted molar refractivity (Wildman–Crippen MR) is 87.1 cm³/mol. The summed E-state index contributed by atoms with van der Waals surface area (Å²) in [6.45, 7) is 6.32. The standard InChI is InChI=1S/C16H22Cl2N2/c1-3-12-8-19-15(11-4-5-11)9-20(12)16-7-13(17)10(2)6-14(16)18/h6-7,11-12,15,19H,3-5,8-9H2,1-2H3. The first-order valence-electron chi connectivity index (χ1n) is 7.55. The van der Waals surface area contributed by atoms with Gasteiger partial charge in [-0.1, -0.05) is 30.1 Å². The van der Waals surface area contributed by atoms with Gasteiger partial charge in [0.25, 0.3) is 0 Å². The third-order valence-corrected chi connectivity index (χ3v) is 5.36. The zero-order valence-electron chi connectivity index (χ0n) is 12.1. The summed E-state index contributed by atoms with van der Waals surface area (Å²) in [5.41, 5.74) is 2.14. The monoisotopic (exact) mass is 312 g/mol. The zero-order valence-corrected chi connectivity index (χ0v) is 13.6. The molecule has 1 aliphatic heterocycles. The summed E-state index contributed by atoms with van der Waals surface area (Å²) in [5, 5.41) is 5.34. The van der Waals surface area contributed by atoms with Crippen molar-refractivity contribution in [1.29, 1.82) is 0 Å². The lowest BCUT2D eigenvalue weighted by molar-refractivity contribution is 0.360. The Morgan fingerprint density at radius 1 is 1.25 bits per heavy atom. The lowest BCUT2D eigenvalue weighted by Gasteiger charge is -2.42. The summed E-state index contributed by atoms with van der Waals surface area (Å²) in [6.07, 6.45) is 3.85. The van der Waals surface area contributed by atoms with Crippen LogP contribution in [0.15, 0.2) is 12.1 Å². The van der Waals surface area contributed by atoms with Gasteiger partial charge in [-0.25, -0.2) is 0 Å². The Labute approximate surface area is 131 Å². The van der Waals surface area contributed by atoms with Gasteiger partial charge in [0.1, 0.15) is 0 Å². The number of hydrogen-bond donors (Lipinski definition) is 1. The van der Waals surface area contributed by atoms with Crippen LogP contribution in [-0.4, -0.2) is 25.2 Å². The first kappa shape index (κ1) is 14.5. The average Bonchev–Trinajstić information content (AvgIpc) is 3.27.